The molecule has 0 saturated carbocycles. The molecule has 0 aliphatic carbocycles. The molecule has 8 nitrogen and oxygen atoms in total. The van der Waals surface area contributed by atoms with Crippen LogP contribution in [0.15, 0.2) is 46.9 Å². The molecule has 0 atom stereocenters. The lowest BCUT2D eigenvalue weighted by Crippen LogP contribution is -2.50. The van der Waals surface area contributed by atoms with Crippen molar-refractivity contribution in [2.24, 2.45) is 0 Å². The zero-order valence-corrected chi connectivity index (χ0v) is 19.4. The first kappa shape index (κ1) is 23.1. The summed E-state index contributed by atoms with van der Waals surface area (Å²) < 4.78 is 13.0. The molecule has 0 unspecified atom stereocenters. The summed E-state index contributed by atoms with van der Waals surface area (Å²) in [6.07, 6.45) is 3.82. The molecule has 1 aromatic carbocycles. The Bertz CT molecular complexity index is 1090. The Hall–Kier alpha value is -3.02. The number of carbonyl (C=O) groups excluding carboxylic acids is 2. The van der Waals surface area contributed by atoms with Crippen LogP contribution in [0.4, 0.5) is 10.1 Å². The van der Waals surface area contributed by atoms with Gasteiger partial charge in [-0.1, -0.05) is 17.8 Å². The van der Waals surface area contributed by atoms with Crippen LogP contribution >= 0.6 is 23.1 Å². The molecule has 1 aliphatic heterocycles. The van der Waals surface area contributed by atoms with Crippen molar-refractivity contribution < 1.29 is 14.0 Å². The lowest BCUT2D eigenvalue weighted by Gasteiger charge is -2.34. The number of hydrogen-bond donors (Lipinski definition) is 2. The number of piperazine rings is 1. The van der Waals surface area contributed by atoms with Crippen molar-refractivity contribution in [2.45, 2.75) is 5.16 Å². The van der Waals surface area contributed by atoms with Gasteiger partial charge in [-0.05, 0) is 47.9 Å². The Morgan fingerprint density at radius 3 is 2.67 bits per heavy atom. The van der Waals surface area contributed by atoms with Gasteiger partial charge >= 0.3 is 0 Å². The Kier molecular flexibility index (Phi) is 7.87. The van der Waals surface area contributed by atoms with E-state index in [1.54, 1.807) is 16.2 Å². The number of thiophene rings is 1. The van der Waals surface area contributed by atoms with E-state index in [0.717, 1.165) is 4.88 Å². The number of halogens is 1. The van der Waals surface area contributed by atoms with Gasteiger partial charge in [-0.25, -0.2) is 9.37 Å². The molecule has 2 aromatic heterocycles. The van der Waals surface area contributed by atoms with Gasteiger partial charge in [-0.2, -0.15) is 0 Å². The summed E-state index contributed by atoms with van der Waals surface area (Å²) in [7, 11) is 0. The smallest absolute Gasteiger partial charge is 0.238 e. The van der Waals surface area contributed by atoms with Crippen LogP contribution in [0.5, 0.6) is 0 Å². The largest absolute Gasteiger partial charge is 0.339 e. The highest BCUT2D eigenvalue weighted by molar-refractivity contribution is 7.99. The number of carbonyl (C=O) groups is 2. The minimum absolute atomic E-state index is 0.0240. The number of aromatic nitrogens is 3. The number of rotatable bonds is 8. The second kappa shape index (κ2) is 11.2. The maximum Gasteiger partial charge on any atom is 0.238 e. The van der Waals surface area contributed by atoms with Gasteiger partial charge in [0, 0.05) is 36.7 Å². The van der Waals surface area contributed by atoms with E-state index in [4.69, 9.17) is 0 Å². The van der Waals surface area contributed by atoms with Gasteiger partial charge in [-0.15, -0.1) is 16.4 Å². The summed E-state index contributed by atoms with van der Waals surface area (Å²) in [5.41, 5.74) is 0.560. The average molecular weight is 487 g/mol. The first-order valence-corrected chi connectivity index (χ1v) is 12.2. The molecule has 2 amide bonds. The molecule has 2 N–H and O–H groups in total. The predicted molar refractivity (Wildman–Crippen MR) is 128 cm³/mol. The van der Waals surface area contributed by atoms with Crippen molar-refractivity contribution in [3.8, 4) is 0 Å². The van der Waals surface area contributed by atoms with Crippen molar-refractivity contribution >= 4 is 52.8 Å². The van der Waals surface area contributed by atoms with E-state index >= 15 is 0 Å². The van der Waals surface area contributed by atoms with Crippen LogP contribution in [-0.4, -0.2) is 75.3 Å². The van der Waals surface area contributed by atoms with Crippen LogP contribution in [0, 0.1) is 5.82 Å². The summed E-state index contributed by atoms with van der Waals surface area (Å²) in [6, 6.07) is 9.67. The molecule has 4 rings (SSSR count). The third kappa shape index (κ3) is 6.98. The lowest BCUT2D eigenvalue weighted by atomic mass is 10.3. The Balaban J connectivity index is 1.16. The third-order valence-corrected chi connectivity index (χ3v) is 6.65. The monoisotopic (exact) mass is 486 g/mol. The molecular weight excluding hydrogens is 463 g/mol. The van der Waals surface area contributed by atoms with Crippen LogP contribution in [-0.2, 0) is 9.59 Å². The summed E-state index contributed by atoms with van der Waals surface area (Å²) in [4.78, 5) is 34.1. The highest BCUT2D eigenvalue weighted by atomic mass is 32.2. The first-order valence-electron chi connectivity index (χ1n) is 10.4. The van der Waals surface area contributed by atoms with Gasteiger partial charge in [-0.3, -0.25) is 19.6 Å². The standard InChI is InChI=1S/C22H23FN6O2S2/c23-16-3-5-17(6-4-16)24-20(30)14-28-9-11-29(12-10-28)21(31)15-33-22-25-19(26-27-22)8-7-18-2-1-13-32-18/h1-8,13H,9-12,14-15H2,(H,24,30)(H,25,26,27)/b8-7+. The fourth-order valence-corrected chi connectivity index (χ4v) is 4.58. The molecular formula is C22H23FN6O2S2. The number of H-pyrrole nitrogens is 1. The Labute approximate surface area is 198 Å². The molecule has 33 heavy (non-hydrogen) atoms. The molecule has 1 aliphatic rings. The van der Waals surface area contributed by atoms with Crippen molar-refractivity contribution in [1.29, 1.82) is 0 Å². The van der Waals surface area contributed by atoms with Gasteiger partial charge < -0.3 is 10.2 Å². The molecule has 1 saturated heterocycles. The number of hydrogen-bond acceptors (Lipinski definition) is 7. The molecule has 1 fully saturated rings. The van der Waals surface area contributed by atoms with Gasteiger partial charge in [0.25, 0.3) is 0 Å². The minimum atomic E-state index is -0.346. The fourth-order valence-electron chi connectivity index (χ4n) is 3.25. The SMILES string of the molecule is O=C(CN1CCN(C(=O)CSc2n[nH]c(/C=C/c3cccs3)n2)CC1)Nc1ccc(F)cc1. The molecule has 11 heteroatoms. The topological polar surface area (TPSA) is 94.2 Å². The van der Waals surface area contributed by atoms with E-state index < -0.39 is 0 Å². The van der Waals surface area contributed by atoms with E-state index in [1.807, 2.05) is 34.6 Å². The van der Waals surface area contributed by atoms with Gasteiger partial charge in [0.15, 0.2) is 0 Å². The number of amides is 2. The van der Waals surface area contributed by atoms with E-state index in [0.29, 0.717) is 42.8 Å². The summed E-state index contributed by atoms with van der Waals surface area (Å²) >= 11 is 2.94. The van der Waals surface area contributed by atoms with Crippen LogP contribution in [0.3, 0.4) is 0 Å². The molecule has 3 aromatic rings. The molecule has 0 bridgehead atoms. The van der Waals surface area contributed by atoms with Crippen LogP contribution < -0.4 is 5.32 Å². The number of nitrogens with zero attached hydrogens (tertiary/aromatic N) is 4. The molecule has 3 heterocycles. The second-order valence-corrected chi connectivity index (χ2v) is 9.27. The zero-order chi connectivity index (χ0) is 23.0. The van der Waals surface area contributed by atoms with E-state index in [-0.39, 0.29) is 29.9 Å². The Morgan fingerprint density at radius 2 is 1.94 bits per heavy atom. The molecule has 172 valence electrons. The summed E-state index contributed by atoms with van der Waals surface area (Å²) in [5, 5.41) is 12.3. The number of nitrogens with one attached hydrogen (secondary N) is 2. The van der Waals surface area contributed by atoms with Crippen molar-refractivity contribution in [1.82, 2.24) is 25.0 Å². The third-order valence-electron chi connectivity index (χ3n) is 4.98. The normalized spacial score (nSPS) is 14.6. The maximum atomic E-state index is 13.0. The maximum absolute atomic E-state index is 13.0. The van der Waals surface area contributed by atoms with Crippen LogP contribution in [0.2, 0.25) is 0 Å². The minimum Gasteiger partial charge on any atom is -0.339 e. The fraction of sp³-hybridized carbons (Fsp3) is 0.273. The Morgan fingerprint density at radius 1 is 1.15 bits per heavy atom. The molecule has 0 radical (unpaired) electrons. The summed E-state index contributed by atoms with van der Waals surface area (Å²) in [6.45, 7) is 2.59. The first-order chi connectivity index (χ1) is 16.0. The number of benzene rings is 1. The van der Waals surface area contributed by atoms with E-state index in [2.05, 4.69) is 20.5 Å². The second-order valence-electron chi connectivity index (χ2n) is 7.35. The van der Waals surface area contributed by atoms with Crippen LogP contribution in [0.1, 0.15) is 10.7 Å². The lowest BCUT2D eigenvalue weighted by molar-refractivity contribution is -0.130. The number of aromatic amines is 1. The zero-order valence-electron chi connectivity index (χ0n) is 17.7. The van der Waals surface area contributed by atoms with Gasteiger partial charge in [0.1, 0.15) is 11.6 Å². The van der Waals surface area contributed by atoms with Crippen molar-refractivity contribution in [3.05, 3.63) is 58.3 Å². The van der Waals surface area contributed by atoms with Crippen LogP contribution in [0.25, 0.3) is 12.2 Å². The van der Waals surface area contributed by atoms with Crippen molar-refractivity contribution in [2.75, 3.05) is 43.8 Å². The number of anilines is 1. The van der Waals surface area contributed by atoms with E-state index in [1.165, 1.54) is 36.0 Å². The predicted octanol–water partition coefficient (Wildman–Crippen LogP) is 3.05. The highest BCUT2D eigenvalue weighted by Crippen LogP contribution is 2.16. The van der Waals surface area contributed by atoms with Gasteiger partial charge in [0.2, 0.25) is 17.0 Å². The average Bonchev–Trinajstić information content (AvgIpc) is 3.50. The van der Waals surface area contributed by atoms with Crippen molar-refractivity contribution in [3.63, 3.8) is 0 Å². The van der Waals surface area contributed by atoms with E-state index in [9.17, 15) is 14.0 Å². The quantitative estimate of drug-likeness (QED) is 0.476. The highest BCUT2D eigenvalue weighted by Gasteiger charge is 2.22. The summed E-state index contributed by atoms with van der Waals surface area (Å²) in [5.74, 6) is 0.422. The molecule has 0 spiro atoms. The van der Waals surface area contributed by atoms with Gasteiger partial charge in [0.05, 0.1) is 12.3 Å². The number of thioether (sulfide) groups is 1.